The molecule has 2 fully saturated rings. The van der Waals surface area contributed by atoms with Crippen molar-refractivity contribution in [3.63, 3.8) is 0 Å². The highest BCUT2D eigenvalue weighted by atomic mass is 32.2. The van der Waals surface area contributed by atoms with Gasteiger partial charge in [0.05, 0.1) is 0 Å². The maximum Gasteiger partial charge on any atom is 0.0143 e. The Morgan fingerprint density at radius 3 is 2.50 bits per heavy atom. The zero-order chi connectivity index (χ0) is 5.61. The lowest BCUT2D eigenvalue weighted by molar-refractivity contribution is 0.567. The van der Waals surface area contributed by atoms with Gasteiger partial charge in [-0.05, 0) is 13.5 Å². The molecular formula is C6H11NS. The first-order valence-electron chi connectivity index (χ1n) is 3.12. The van der Waals surface area contributed by atoms with Crippen molar-refractivity contribution in [2.45, 2.75) is 12.5 Å². The number of hydrogen-bond acceptors (Lipinski definition) is 2. The number of thioether (sulfide) groups is 1. The number of hydrogen-bond donors (Lipinski definition) is 1. The van der Waals surface area contributed by atoms with Gasteiger partial charge >= 0.3 is 0 Å². The van der Waals surface area contributed by atoms with Gasteiger partial charge in [0.15, 0.2) is 0 Å². The first-order valence-corrected chi connectivity index (χ1v) is 4.28. The van der Waals surface area contributed by atoms with E-state index in [1.165, 1.54) is 17.9 Å². The summed E-state index contributed by atoms with van der Waals surface area (Å²) < 4.78 is 0. The van der Waals surface area contributed by atoms with E-state index in [0.29, 0.717) is 0 Å². The van der Waals surface area contributed by atoms with Crippen molar-refractivity contribution in [2.24, 2.45) is 5.41 Å². The zero-order valence-electron chi connectivity index (χ0n) is 5.11. The summed E-state index contributed by atoms with van der Waals surface area (Å²) in [5, 5.41) is 3.32. The molecule has 1 saturated carbocycles. The van der Waals surface area contributed by atoms with E-state index < -0.39 is 0 Å². The van der Waals surface area contributed by atoms with Crippen molar-refractivity contribution in [3.05, 3.63) is 0 Å². The van der Waals surface area contributed by atoms with Crippen LogP contribution < -0.4 is 5.32 Å². The van der Waals surface area contributed by atoms with Crippen molar-refractivity contribution in [2.75, 3.05) is 18.6 Å². The predicted molar refractivity (Wildman–Crippen MR) is 37.2 cm³/mol. The van der Waals surface area contributed by atoms with Gasteiger partial charge in [0.25, 0.3) is 0 Å². The molecule has 0 amide bonds. The van der Waals surface area contributed by atoms with Crippen LogP contribution in [0, 0.1) is 5.41 Å². The Balaban J connectivity index is 1.93. The summed E-state index contributed by atoms with van der Waals surface area (Å²) in [5.41, 5.74) is 0.791. The van der Waals surface area contributed by atoms with Gasteiger partial charge < -0.3 is 5.32 Å². The molecule has 0 bridgehead atoms. The molecule has 2 aliphatic rings. The predicted octanol–water partition coefficient (Wildman–Crippen LogP) is 0.711. The summed E-state index contributed by atoms with van der Waals surface area (Å²) in [4.78, 5) is 0. The molecule has 46 valence electrons. The molecule has 1 atom stereocenters. The topological polar surface area (TPSA) is 12.0 Å². The fraction of sp³-hybridized carbons (Fsp3) is 1.00. The average molecular weight is 129 g/mol. The highest BCUT2D eigenvalue weighted by molar-refractivity contribution is 8.00. The monoisotopic (exact) mass is 129 g/mol. The Hall–Kier alpha value is 0.310. The van der Waals surface area contributed by atoms with Crippen LogP contribution in [0.5, 0.6) is 0 Å². The van der Waals surface area contributed by atoms with Crippen LogP contribution in [-0.2, 0) is 0 Å². The van der Waals surface area contributed by atoms with Crippen LogP contribution in [0.4, 0.5) is 0 Å². The molecule has 2 rings (SSSR count). The summed E-state index contributed by atoms with van der Waals surface area (Å²) in [6.45, 7) is 0. The SMILES string of the molecule is CNC1CC12CSC2. The summed E-state index contributed by atoms with van der Waals surface area (Å²) in [7, 11) is 2.07. The molecule has 0 radical (unpaired) electrons. The van der Waals surface area contributed by atoms with E-state index in [0.717, 1.165) is 11.5 Å². The van der Waals surface area contributed by atoms with Crippen molar-refractivity contribution in [1.82, 2.24) is 5.32 Å². The molecular weight excluding hydrogens is 118 g/mol. The van der Waals surface area contributed by atoms with Gasteiger partial charge in [-0.15, -0.1) is 0 Å². The van der Waals surface area contributed by atoms with E-state index in [1.807, 2.05) is 0 Å². The van der Waals surface area contributed by atoms with Gasteiger partial charge in [-0.2, -0.15) is 11.8 Å². The quantitative estimate of drug-likeness (QED) is 0.559. The number of nitrogens with one attached hydrogen (secondary N) is 1. The van der Waals surface area contributed by atoms with Crippen molar-refractivity contribution in [3.8, 4) is 0 Å². The Labute approximate surface area is 54.2 Å². The van der Waals surface area contributed by atoms with Gasteiger partial charge in [0.1, 0.15) is 0 Å². The van der Waals surface area contributed by atoms with Gasteiger partial charge in [0.2, 0.25) is 0 Å². The van der Waals surface area contributed by atoms with Gasteiger partial charge in [0, 0.05) is 23.0 Å². The molecule has 1 spiro atoms. The fourth-order valence-corrected chi connectivity index (χ4v) is 2.81. The minimum atomic E-state index is 0.791. The van der Waals surface area contributed by atoms with Crippen LogP contribution in [0.1, 0.15) is 6.42 Å². The average Bonchev–Trinajstić information content (AvgIpc) is 2.36. The molecule has 2 heteroatoms. The normalized spacial score (nSPS) is 39.4. The molecule has 0 aromatic heterocycles. The zero-order valence-corrected chi connectivity index (χ0v) is 5.92. The summed E-state index contributed by atoms with van der Waals surface area (Å²) >= 11 is 2.09. The molecule has 0 aromatic rings. The standard InChI is InChI=1S/C6H11NS/c1-7-5-2-6(5)3-8-4-6/h5,7H,2-4H2,1H3. The first kappa shape index (κ1) is 5.12. The summed E-state index contributed by atoms with van der Waals surface area (Å²) in [6, 6.07) is 0.878. The maximum absolute atomic E-state index is 3.32. The van der Waals surface area contributed by atoms with Crippen LogP contribution in [-0.4, -0.2) is 24.6 Å². The van der Waals surface area contributed by atoms with E-state index >= 15 is 0 Å². The van der Waals surface area contributed by atoms with E-state index in [4.69, 9.17) is 0 Å². The Morgan fingerprint density at radius 1 is 1.62 bits per heavy atom. The first-order chi connectivity index (χ1) is 3.87. The van der Waals surface area contributed by atoms with Gasteiger partial charge in [-0.3, -0.25) is 0 Å². The second-order valence-corrected chi connectivity index (χ2v) is 3.89. The van der Waals surface area contributed by atoms with Crippen LogP contribution in [0.3, 0.4) is 0 Å². The lowest BCUT2D eigenvalue weighted by Gasteiger charge is -2.25. The van der Waals surface area contributed by atoms with E-state index in [1.54, 1.807) is 0 Å². The van der Waals surface area contributed by atoms with Crippen LogP contribution in [0.2, 0.25) is 0 Å². The minimum absolute atomic E-state index is 0.791. The smallest absolute Gasteiger partial charge is 0.0143 e. The van der Waals surface area contributed by atoms with Crippen molar-refractivity contribution >= 4 is 11.8 Å². The molecule has 1 unspecified atom stereocenters. The number of rotatable bonds is 1. The van der Waals surface area contributed by atoms with Gasteiger partial charge in [-0.25, -0.2) is 0 Å². The molecule has 8 heavy (non-hydrogen) atoms. The van der Waals surface area contributed by atoms with Crippen LogP contribution >= 0.6 is 11.8 Å². The van der Waals surface area contributed by atoms with Crippen molar-refractivity contribution < 1.29 is 0 Å². The molecule has 1 aliphatic heterocycles. The molecule has 0 aromatic carbocycles. The largest absolute Gasteiger partial charge is 0.316 e. The minimum Gasteiger partial charge on any atom is -0.316 e. The Morgan fingerprint density at radius 2 is 2.38 bits per heavy atom. The van der Waals surface area contributed by atoms with Crippen molar-refractivity contribution in [1.29, 1.82) is 0 Å². The third-order valence-corrected chi connectivity index (χ3v) is 3.88. The van der Waals surface area contributed by atoms with E-state index in [9.17, 15) is 0 Å². The molecule has 1 aliphatic carbocycles. The summed E-state index contributed by atoms with van der Waals surface area (Å²) in [5.74, 6) is 2.83. The maximum atomic E-state index is 3.32. The van der Waals surface area contributed by atoms with Crippen LogP contribution in [0.25, 0.3) is 0 Å². The van der Waals surface area contributed by atoms with E-state index in [2.05, 4.69) is 24.1 Å². The Kier molecular flexibility index (Phi) is 0.910. The second-order valence-electron chi connectivity index (χ2n) is 2.90. The van der Waals surface area contributed by atoms with Crippen LogP contribution in [0.15, 0.2) is 0 Å². The summed E-state index contributed by atoms with van der Waals surface area (Å²) in [6.07, 6.45) is 1.44. The van der Waals surface area contributed by atoms with E-state index in [-0.39, 0.29) is 0 Å². The molecule has 1 saturated heterocycles. The Bertz CT molecular complexity index is 109. The second kappa shape index (κ2) is 1.42. The third-order valence-electron chi connectivity index (χ3n) is 2.32. The van der Waals surface area contributed by atoms with Gasteiger partial charge in [-0.1, -0.05) is 0 Å². The highest BCUT2D eigenvalue weighted by Gasteiger charge is 2.57. The molecule has 1 nitrogen and oxygen atoms in total. The lowest BCUT2D eigenvalue weighted by atomic mass is 10.1. The molecule has 1 heterocycles. The molecule has 1 N–H and O–H groups in total. The lowest BCUT2D eigenvalue weighted by Crippen LogP contribution is -2.29. The highest BCUT2D eigenvalue weighted by Crippen LogP contribution is 2.57. The third kappa shape index (κ3) is 0.477. The fourth-order valence-electron chi connectivity index (χ4n) is 1.44.